The quantitative estimate of drug-likeness (QED) is 0.377. The van der Waals surface area contributed by atoms with Gasteiger partial charge in [-0.2, -0.15) is 0 Å². The van der Waals surface area contributed by atoms with E-state index in [1.807, 2.05) is 0 Å². The van der Waals surface area contributed by atoms with Crippen molar-refractivity contribution in [3.63, 3.8) is 0 Å². The van der Waals surface area contributed by atoms with Crippen LogP contribution in [0.15, 0.2) is 23.8 Å². The number of carbonyl (C=O) groups excluding carboxylic acids is 1. The first kappa shape index (κ1) is 22.6. The molecule has 8 atom stereocenters. The number of hydrogen-bond acceptors (Lipinski definition) is 4. The number of carboxylic acid groups (broad SMARTS) is 1. The van der Waals surface area contributed by atoms with E-state index in [9.17, 15) is 14.7 Å². The molecule has 0 amide bonds. The standard InChI is InChI=1S/C26H38O5/c1-16(27)31-18-9-12-24(2)17(15-18)5-6-19-20-7-8-22(25(20,3)13-10-21(19)24)26(4,30)14-11-23(28)29/h5,11,14,18-22,30H,6-10,12-13,15H2,1-4H3,(H,28,29)/b14-11-/t18-,19-,20?,21-,22?,24-,25-,26+/m0/s1. The summed E-state index contributed by atoms with van der Waals surface area (Å²) in [5, 5.41) is 20.2. The van der Waals surface area contributed by atoms with E-state index in [2.05, 4.69) is 19.9 Å². The van der Waals surface area contributed by atoms with Gasteiger partial charge in [0.15, 0.2) is 0 Å². The van der Waals surface area contributed by atoms with Crippen molar-refractivity contribution in [2.24, 2.45) is 34.5 Å². The van der Waals surface area contributed by atoms with Gasteiger partial charge in [0.2, 0.25) is 0 Å². The zero-order valence-electron chi connectivity index (χ0n) is 19.4. The first-order valence-electron chi connectivity index (χ1n) is 12.0. The number of rotatable bonds is 4. The minimum absolute atomic E-state index is 0.0224. The maximum Gasteiger partial charge on any atom is 0.328 e. The fourth-order valence-corrected chi connectivity index (χ4v) is 8.28. The number of ether oxygens (including phenoxy) is 1. The second kappa shape index (κ2) is 7.75. The zero-order valence-corrected chi connectivity index (χ0v) is 19.4. The summed E-state index contributed by atoms with van der Waals surface area (Å²) in [6.07, 6.45) is 13.3. The van der Waals surface area contributed by atoms with Crippen molar-refractivity contribution < 1.29 is 24.5 Å². The molecule has 0 radical (unpaired) electrons. The molecule has 4 aliphatic carbocycles. The lowest BCUT2D eigenvalue weighted by Gasteiger charge is -2.58. The highest BCUT2D eigenvalue weighted by Gasteiger charge is 2.61. The molecular formula is C26H38O5. The number of carboxylic acids is 1. The molecule has 3 fully saturated rings. The van der Waals surface area contributed by atoms with Gasteiger partial charge in [0.05, 0.1) is 5.60 Å². The smallest absolute Gasteiger partial charge is 0.328 e. The topological polar surface area (TPSA) is 83.8 Å². The summed E-state index contributed by atoms with van der Waals surface area (Å²) < 4.78 is 5.54. The highest BCUT2D eigenvalue weighted by molar-refractivity contribution is 5.79. The van der Waals surface area contributed by atoms with E-state index in [4.69, 9.17) is 9.84 Å². The third-order valence-electron chi connectivity index (χ3n) is 9.66. The number of hydrogen-bond donors (Lipinski definition) is 2. The number of allylic oxidation sites excluding steroid dienone is 1. The van der Waals surface area contributed by atoms with Crippen LogP contribution in [0.25, 0.3) is 0 Å². The normalized spacial score (nSPS) is 43.9. The molecule has 0 aliphatic heterocycles. The van der Waals surface area contributed by atoms with Gasteiger partial charge >= 0.3 is 11.9 Å². The summed E-state index contributed by atoms with van der Waals surface area (Å²) in [6, 6.07) is 0. The van der Waals surface area contributed by atoms with Crippen molar-refractivity contribution in [1.82, 2.24) is 0 Å². The SMILES string of the molecule is CC(=O)O[C@H]1CC[C@@]2(C)C(=CC[C@H]3C4CCC([C@](C)(O)/C=C\C(=O)O)[C@@]4(C)CC[C@@H]32)C1. The van der Waals surface area contributed by atoms with Crippen LogP contribution in [-0.2, 0) is 14.3 Å². The molecule has 0 saturated heterocycles. The lowest BCUT2D eigenvalue weighted by molar-refractivity contribution is -0.149. The highest BCUT2D eigenvalue weighted by Crippen LogP contribution is 2.67. The van der Waals surface area contributed by atoms with Gasteiger partial charge in [0.1, 0.15) is 6.10 Å². The first-order chi connectivity index (χ1) is 14.5. The molecule has 5 nitrogen and oxygen atoms in total. The van der Waals surface area contributed by atoms with Crippen molar-refractivity contribution >= 4 is 11.9 Å². The van der Waals surface area contributed by atoms with Gasteiger partial charge in [-0.25, -0.2) is 4.79 Å². The largest absolute Gasteiger partial charge is 0.478 e. The summed E-state index contributed by atoms with van der Waals surface area (Å²) >= 11 is 0. The third kappa shape index (κ3) is 3.77. The van der Waals surface area contributed by atoms with Gasteiger partial charge < -0.3 is 14.9 Å². The second-order valence-corrected chi connectivity index (χ2v) is 11.3. The fraction of sp³-hybridized carbons (Fsp3) is 0.769. The van der Waals surface area contributed by atoms with E-state index in [0.29, 0.717) is 17.8 Å². The summed E-state index contributed by atoms with van der Waals surface area (Å²) in [5.74, 6) is 0.702. The molecular weight excluding hydrogens is 392 g/mol. The monoisotopic (exact) mass is 430 g/mol. The average molecular weight is 431 g/mol. The van der Waals surface area contributed by atoms with Crippen molar-refractivity contribution in [1.29, 1.82) is 0 Å². The van der Waals surface area contributed by atoms with Crippen LogP contribution in [0, 0.1) is 34.5 Å². The van der Waals surface area contributed by atoms with Crippen LogP contribution in [0.1, 0.15) is 79.1 Å². The predicted octanol–water partition coefficient (Wildman–Crippen LogP) is 4.89. The predicted molar refractivity (Wildman–Crippen MR) is 118 cm³/mol. The molecule has 2 N–H and O–H groups in total. The van der Waals surface area contributed by atoms with E-state index in [-0.39, 0.29) is 28.8 Å². The molecule has 0 aromatic rings. The van der Waals surface area contributed by atoms with E-state index < -0.39 is 11.6 Å². The Bertz CT molecular complexity index is 811. The molecule has 0 heterocycles. The molecule has 0 aromatic heterocycles. The Balaban J connectivity index is 1.56. The number of aliphatic hydroxyl groups is 1. The van der Waals surface area contributed by atoms with Crippen LogP contribution in [0.4, 0.5) is 0 Å². The third-order valence-corrected chi connectivity index (χ3v) is 9.66. The van der Waals surface area contributed by atoms with Crippen LogP contribution in [-0.4, -0.2) is 33.9 Å². The second-order valence-electron chi connectivity index (χ2n) is 11.3. The fourth-order valence-electron chi connectivity index (χ4n) is 8.28. The van der Waals surface area contributed by atoms with Gasteiger partial charge in [-0.05, 0) is 92.4 Å². The Labute approximate surface area is 185 Å². The summed E-state index contributed by atoms with van der Waals surface area (Å²) in [7, 11) is 0. The molecule has 4 rings (SSSR count). The van der Waals surface area contributed by atoms with Crippen molar-refractivity contribution in [2.75, 3.05) is 0 Å². The summed E-state index contributed by atoms with van der Waals surface area (Å²) in [6.45, 7) is 8.06. The van der Waals surface area contributed by atoms with Crippen molar-refractivity contribution in [3.05, 3.63) is 23.8 Å². The first-order valence-corrected chi connectivity index (χ1v) is 12.0. The Hall–Kier alpha value is -1.62. The molecule has 31 heavy (non-hydrogen) atoms. The van der Waals surface area contributed by atoms with Crippen molar-refractivity contribution in [3.8, 4) is 0 Å². The average Bonchev–Trinajstić information content (AvgIpc) is 3.04. The maximum absolute atomic E-state index is 11.4. The summed E-state index contributed by atoms with van der Waals surface area (Å²) in [5.41, 5.74) is 0.603. The van der Waals surface area contributed by atoms with Crippen molar-refractivity contribution in [2.45, 2.75) is 90.8 Å². The Morgan fingerprint density at radius 1 is 1.16 bits per heavy atom. The van der Waals surface area contributed by atoms with Crippen LogP contribution in [0.5, 0.6) is 0 Å². The minimum atomic E-state index is -1.10. The number of fused-ring (bicyclic) bond motifs is 5. The van der Waals surface area contributed by atoms with Gasteiger partial charge in [0, 0.05) is 19.4 Å². The molecule has 0 spiro atoms. The summed E-state index contributed by atoms with van der Waals surface area (Å²) in [4.78, 5) is 22.5. The Morgan fingerprint density at radius 3 is 2.58 bits per heavy atom. The highest BCUT2D eigenvalue weighted by atomic mass is 16.5. The van der Waals surface area contributed by atoms with Gasteiger partial charge in [-0.1, -0.05) is 25.5 Å². The Kier molecular flexibility index (Phi) is 5.65. The van der Waals surface area contributed by atoms with E-state index >= 15 is 0 Å². The van der Waals surface area contributed by atoms with Crippen LogP contribution in [0.2, 0.25) is 0 Å². The van der Waals surface area contributed by atoms with E-state index in [1.165, 1.54) is 18.6 Å². The number of esters is 1. The van der Waals surface area contributed by atoms with Gasteiger partial charge in [-0.3, -0.25) is 4.79 Å². The number of carbonyl (C=O) groups is 2. The number of aliphatic carboxylic acids is 1. The molecule has 4 aliphatic rings. The van der Waals surface area contributed by atoms with Crippen LogP contribution >= 0.6 is 0 Å². The van der Waals surface area contributed by atoms with Gasteiger partial charge in [0.25, 0.3) is 0 Å². The lowest BCUT2D eigenvalue weighted by atomic mass is 9.46. The zero-order chi connectivity index (χ0) is 22.6. The molecule has 172 valence electrons. The molecule has 3 saturated carbocycles. The lowest BCUT2D eigenvalue weighted by Crippen LogP contribution is -2.52. The Morgan fingerprint density at radius 2 is 1.90 bits per heavy atom. The van der Waals surface area contributed by atoms with Crippen LogP contribution in [0.3, 0.4) is 0 Å². The molecule has 5 heteroatoms. The molecule has 0 aromatic carbocycles. The maximum atomic E-state index is 11.4. The van der Waals surface area contributed by atoms with Gasteiger partial charge in [-0.15, -0.1) is 0 Å². The minimum Gasteiger partial charge on any atom is -0.478 e. The van der Waals surface area contributed by atoms with E-state index in [1.54, 1.807) is 6.92 Å². The molecule has 2 unspecified atom stereocenters. The van der Waals surface area contributed by atoms with E-state index in [0.717, 1.165) is 57.4 Å². The molecule has 0 bridgehead atoms. The van der Waals surface area contributed by atoms with Crippen LogP contribution < -0.4 is 0 Å².